The summed E-state index contributed by atoms with van der Waals surface area (Å²) in [6.45, 7) is -0.879. The molecule has 1 rings (SSSR count). The van der Waals surface area contributed by atoms with Crippen LogP contribution < -0.4 is 5.32 Å². The lowest BCUT2D eigenvalue weighted by atomic mass is 10.2. The average molecular weight is 299 g/mol. The lowest BCUT2D eigenvalue weighted by Crippen LogP contribution is -2.28. The minimum atomic E-state index is -2.73. The van der Waals surface area contributed by atoms with Crippen LogP contribution in [0.3, 0.4) is 0 Å². The number of non-ortho nitro benzene ring substituents is 1. The Morgan fingerprint density at radius 2 is 2.06 bits per heavy atom. The van der Waals surface area contributed by atoms with E-state index in [9.17, 15) is 23.7 Å². The van der Waals surface area contributed by atoms with Crippen molar-refractivity contribution in [1.29, 1.82) is 0 Å². The number of benzene rings is 1. The summed E-state index contributed by atoms with van der Waals surface area (Å²) >= 11 is 11.3. The summed E-state index contributed by atoms with van der Waals surface area (Å²) in [5.41, 5.74) is -0.775. The average Bonchev–Trinajstić information content (AvgIpc) is 2.29. The van der Waals surface area contributed by atoms with Crippen LogP contribution in [-0.2, 0) is 0 Å². The Hall–Kier alpha value is -1.47. The van der Waals surface area contributed by atoms with Crippen LogP contribution in [0.1, 0.15) is 10.4 Å². The molecule has 18 heavy (non-hydrogen) atoms. The first-order chi connectivity index (χ1) is 8.32. The number of nitrogens with one attached hydrogen (secondary N) is 1. The fourth-order valence-corrected chi connectivity index (χ4v) is 1.52. The number of rotatable bonds is 4. The zero-order valence-corrected chi connectivity index (χ0v) is 10.1. The molecule has 0 aliphatic carbocycles. The number of halogens is 4. The Kier molecular flexibility index (Phi) is 4.80. The van der Waals surface area contributed by atoms with E-state index in [1.807, 2.05) is 5.32 Å². The Labute approximate surface area is 110 Å². The molecule has 0 saturated heterocycles. The van der Waals surface area contributed by atoms with Gasteiger partial charge in [-0.05, 0) is 0 Å². The van der Waals surface area contributed by atoms with E-state index in [-0.39, 0.29) is 15.6 Å². The van der Waals surface area contributed by atoms with Crippen molar-refractivity contribution in [2.75, 3.05) is 6.54 Å². The second-order valence-electron chi connectivity index (χ2n) is 3.15. The number of nitrogens with zero attached hydrogens (tertiary/aromatic N) is 1. The zero-order valence-electron chi connectivity index (χ0n) is 8.62. The highest BCUT2D eigenvalue weighted by molar-refractivity contribution is 6.44. The van der Waals surface area contributed by atoms with Crippen molar-refractivity contribution in [2.45, 2.75) is 6.43 Å². The third-order valence-corrected chi connectivity index (χ3v) is 2.69. The maximum Gasteiger partial charge on any atom is 0.271 e. The highest BCUT2D eigenvalue weighted by Crippen LogP contribution is 2.30. The van der Waals surface area contributed by atoms with Crippen molar-refractivity contribution in [3.05, 3.63) is 37.9 Å². The van der Waals surface area contributed by atoms with Crippen molar-refractivity contribution < 1.29 is 18.5 Å². The number of carbonyl (C=O) groups excluding carboxylic acids is 1. The largest absolute Gasteiger partial charge is 0.346 e. The molecular weight excluding hydrogens is 293 g/mol. The van der Waals surface area contributed by atoms with Crippen LogP contribution in [0.2, 0.25) is 10.0 Å². The van der Waals surface area contributed by atoms with Crippen molar-refractivity contribution in [1.82, 2.24) is 5.32 Å². The third kappa shape index (κ3) is 3.51. The van der Waals surface area contributed by atoms with Gasteiger partial charge in [-0.3, -0.25) is 14.9 Å². The maximum atomic E-state index is 11.9. The van der Waals surface area contributed by atoms with Gasteiger partial charge in [-0.1, -0.05) is 23.2 Å². The molecule has 0 aromatic heterocycles. The summed E-state index contributed by atoms with van der Waals surface area (Å²) in [7, 11) is 0. The molecule has 0 atom stereocenters. The van der Waals surface area contributed by atoms with Gasteiger partial charge in [0.25, 0.3) is 18.0 Å². The molecule has 1 aromatic carbocycles. The van der Waals surface area contributed by atoms with Gasteiger partial charge in [-0.15, -0.1) is 0 Å². The van der Waals surface area contributed by atoms with E-state index < -0.39 is 29.5 Å². The highest BCUT2D eigenvalue weighted by Gasteiger charge is 2.19. The summed E-state index contributed by atoms with van der Waals surface area (Å²) in [6.07, 6.45) is -2.73. The summed E-state index contributed by atoms with van der Waals surface area (Å²) in [4.78, 5) is 21.3. The Bertz CT molecular complexity index is 497. The van der Waals surface area contributed by atoms with Crippen molar-refractivity contribution >= 4 is 34.8 Å². The molecule has 0 spiro atoms. The molecule has 1 N–H and O–H groups in total. The summed E-state index contributed by atoms with van der Waals surface area (Å²) in [5, 5.41) is 12.0. The van der Waals surface area contributed by atoms with Gasteiger partial charge in [0.1, 0.15) is 0 Å². The fourth-order valence-electron chi connectivity index (χ4n) is 1.11. The molecule has 0 saturated carbocycles. The van der Waals surface area contributed by atoms with E-state index in [1.165, 1.54) is 0 Å². The fraction of sp³-hybridized carbons (Fsp3) is 0.222. The molecule has 5 nitrogen and oxygen atoms in total. The van der Waals surface area contributed by atoms with Gasteiger partial charge >= 0.3 is 0 Å². The first kappa shape index (κ1) is 14.6. The van der Waals surface area contributed by atoms with E-state index in [0.717, 1.165) is 12.1 Å². The Balaban J connectivity index is 3.07. The molecule has 0 unspecified atom stereocenters. The first-order valence-corrected chi connectivity index (χ1v) is 5.28. The van der Waals surface area contributed by atoms with Gasteiger partial charge in [-0.2, -0.15) is 0 Å². The zero-order chi connectivity index (χ0) is 13.9. The van der Waals surface area contributed by atoms with Crippen molar-refractivity contribution in [3.8, 4) is 0 Å². The van der Waals surface area contributed by atoms with Crippen LogP contribution in [-0.4, -0.2) is 23.8 Å². The normalized spacial score (nSPS) is 10.5. The molecule has 0 fully saturated rings. The van der Waals surface area contributed by atoms with Crippen molar-refractivity contribution in [2.24, 2.45) is 0 Å². The number of nitro groups is 1. The van der Waals surface area contributed by atoms with Gasteiger partial charge in [-0.25, -0.2) is 8.78 Å². The van der Waals surface area contributed by atoms with Gasteiger partial charge in [0.15, 0.2) is 0 Å². The lowest BCUT2D eigenvalue weighted by Gasteiger charge is -2.07. The van der Waals surface area contributed by atoms with E-state index in [1.54, 1.807) is 0 Å². The number of nitro benzene ring substituents is 1. The van der Waals surface area contributed by atoms with Gasteiger partial charge in [0.2, 0.25) is 0 Å². The van der Waals surface area contributed by atoms with Crippen LogP contribution >= 0.6 is 23.2 Å². The molecule has 0 radical (unpaired) electrons. The molecule has 98 valence electrons. The topological polar surface area (TPSA) is 72.2 Å². The molecule has 0 aliphatic heterocycles. The standard InChI is InChI=1S/C9H6Cl2F2N2O3/c10-6-2-4(15(17)18)1-5(8(6)11)9(16)14-3-7(12)13/h1-2,7H,3H2,(H,14,16). The van der Waals surface area contributed by atoms with Crippen LogP contribution in [0, 0.1) is 10.1 Å². The van der Waals surface area contributed by atoms with E-state index in [4.69, 9.17) is 23.2 Å². The molecule has 0 bridgehead atoms. The van der Waals surface area contributed by atoms with Gasteiger partial charge < -0.3 is 5.32 Å². The Morgan fingerprint density at radius 1 is 1.44 bits per heavy atom. The lowest BCUT2D eigenvalue weighted by molar-refractivity contribution is -0.384. The molecule has 9 heteroatoms. The minimum absolute atomic E-state index is 0.201. The van der Waals surface area contributed by atoms with Crippen LogP contribution in [0.5, 0.6) is 0 Å². The number of hydrogen-bond acceptors (Lipinski definition) is 3. The first-order valence-electron chi connectivity index (χ1n) is 4.52. The molecule has 1 amide bonds. The number of alkyl halides is 2. The van der Waals surface area contributed by atoms with Crippen LogP contribution in [0.15, 0.2) is 12.1 Å². The second-order valence-corrected chi connectivity index (χ2v) is 3.93. The monoisotopic (exact) mass is 298 g/mol. The van der Waals surface area contributed by atoms with E-state index in [2.05, 4.69) is 0 Å². The minimum Gasteiger partial charge on any atom is -0.346 e. The van der Waals surface area contributed by atoms with Crippen LogP contribution in [0.4, 0.5) is 14.5 Å². The molecular formula is C9H6Cl2F2N2O3. The van der Waals surface area contributed by atoms with Crippen LogP contribution in [0.25, 0.3) is 0 Å². The second kappa shape index (κ2) is 5.92. The maximum absolute atomic E-state index is 11.9. The third-order valence-electron chi connectivity index (χ3n) is 1.89. The predicted octanol–water partition coefficient (Wildman–Crippen LogP) is 2.90. The smallest absolute Gasteiger partial charge is 0.271 e. The van der Waals surface area contributed by atoms with Crippen molar-refractivity contribution in [3.63, 3.8) is 0 Å². The summed E-state index contributed by atoms with van der Waals surface area (Å²) < 4.78 is 23.8. The van der Waals surface area contributed by atoms with Gasteiger partial charge in [0, 0.05) is 12.1 Å². The van der Waals surface area contributed by atoms with Gasteiger partial charge in [0.05, 0.1) is 27.1 Å². The van der Waals surface area contributed by atoms with E-state index >= 15 is 0 Å². The molecule has 0 aliphatic rings. The SMILES string of the molecule is O=C(NCC(F)F)c1cc([N+](=O)[O-])cc(Cl)c1Cl. The summed E-state index contributed by atoms with van der Waals surface area (Å²) in [5.74, 6) is -0.953. The molecule has 1 aromatic rings. The molecule has 0 heterocycles. The number of carbonyl (C=O) groups is 1. The predicted molar refractivity (Wildman–Crippen MR) is 61.5 cm³/mol. The highest BCUT2D eigenvalue weighted by atomic mass is 35.5. The quantitative estimate of drug-likeness (QED) is 0.686. The Morgan fingerprint density at radius 3 is 2.56 bits per heavy atom. The number of hydrogen-bond donors (Lipinski definition) is 1. The van der Waals surface area contributed by atoms with E-state index in [0.29, 0.717) is 0 Å². The number of amides is 1. The summed E-state index contributed by atoms with van der Waals surface area (Å²) in [6, 6.07) is 1.84.